The van der Waals surface area contributed by atoms with Crippen LogP contribution in [0.15, 0.2) is 60.7 Å². The molecule has 0 bridgehead atoms. The third-order valence-electron chi connectivity index (χ3n) is 8.51. The highest BCUT2D eigenvalue weighted by Crippen LogP contribution is 2.48. The van der Waals surface area contributed by atoms with Crippen molar-refractivity contribution in [2.75, 3.05) is 48.6 Å². The number of amides is 2. The molecule has 3 aromatic carbocycles. The summed E-state index contributed by atoms with van der Waals surface area (Å²) in [6, 6.07) is 20.0. The molecule has 3 aromatic rings. The Morgan fingerprint density at radius 3 is 1.17 bits per heavy atom. The number of nitrogens with zero attached hydrogens (tertiary/aromatic N) is 3. The molecule has 8 heteroatoms. The molecule has 7 nitrogen and oxygen atoms in total. The van der Waals surface area contributed by atoms with Crippen molar-refractivity contribution >= 4 is 54.2 Å². The third kappa shape index (κ3) is 5.45. The highest BCUT2D eigenvalue weighted by Gasteiger charge is 2.56. The lowest BCUT2D eigenvalue weighted by atomic mass is 10.1. The van der Waals surface area contributed by atoms with E-state index in [1.54, 1.807) is 4.57 Å². The Bertz CT molecular complexity index is 1300. The third-order valence-corrected chi connectivity index (χ3v) is 15.2. The molecule has 0 spiro atoms. The SMILES string of the molecule is CC(C)[Si](C(C)C)(C(C)C)N1C(=O)c2cc(Nc3ccc(N(C)C)cc3)c(Nc3ccc(N(C)C)cc3)cc2C1=O. The molecule has 0 atom stereocenters. The molecular formula is C33H45N5O2Si. The average molecular weight is 572 g/mol. The van der Waals surface area contributed by atoms with Crippen LogP contribution in [0.25, 0.3) is 0 Å². The highest BCUT2D eigenvalue weighted by atomic mass is 28.3. The topological polar surface area (TPSA) is 67.9 Å². The molecule has 0 saturated carbocycles. The Labute approximate surface area is 246 Å². The zero-order valence-corrected chi connectivity index (χ0v) is 27.2. The lowest BCUT2D eigenvalue weighted by Crippen LogP contribution is -2.62. The summed E-state index contributed by atoms with van der Waals surface area (Å²) in [5, 5.41) is 7.03. The van der Waals surface area contributed by atoms with E-state index in [4.69, 9.17) is 0 Å². The van der Waals surface area contributed by atoms with Gasteiger partial charge in [0.2, 0.25) is 0 Å². The number of imide groups is 1. The summed E-state index contributed by atoms with van der Waals surface area (Å²) >= 11 is 0. The molecule has 1 aliphatic heterocycles. The van der Waals surface area contributed by atoms with Gasteiger partial charge >= 0.3 is 0 Å². The van der Waals surface area contributed by atoms with Crippen LogP contribution in [0.1, 0.15) is 62.3 Å². The summed E-state index contributed by atoms with van der Waals surface area (Å²) in [4.78, 5) is 32.4. The van der Waals surface area contributed by atoms with Gasteiger partial charge in [-0.1, -0.05) is 41.5 Å². The zero-order valence-electron chi connectivity index (χ0n) is 26.2. The molecule has 0 aliphatic carbocycles. The van der Waals surface area contributed by atoms with Gasteiger partial charge in [0.05, 0.1) is 22.5 Å². The van der Waals surface area contributed by atoms with E-state index in [0.717, 1.165) is 34.1 Å². The van der Waals surface area contributed by atoms with Crippen LogP contribution in [0.5, 0.6) is 0 Å². The predicted molar refractivity (Wildman–Crippen MR) is 176 cm³/mol. The van der Waals surface area contributed by atoms with E-state index in [9.17, 15) is 9.59 Å². The van der Waals surface area contributed by atoms with Crippen molar-refractivity contribution in [3.8, 4) is 0 Å². The van der Waals surface area contributed by atoms with Gasteiger partial charge in [0, 0.05) is 50.9 Å². The van der Waals surface area contributed by atoms with Gasteiger partial charge in [0.15, 0.2) is 8.24 Å². The molecular weight excluding hydrogens is 526 g/mol. The molecule has 4 rings (SSSR count). The Morgan fingerprint density at radius 2 is 0.902 bits per heavy atom. The molecule has 2 amide bonds. The van der Waals surface area contributed by atoms with E-state index in [1.807, 2.05) is 88.9 Å². The minimum atomic E-state index is -2.55. The van der Waals surface area contributed by atoms with Crippen LogP contribution >= 0.6 is 0 Å². The molecule has 218 valence electrons. The van der Waals surface area contributed by atoms with Crippen molar-refractivity contribution in [3.05, 3.63) is 71.8 Å². The Balaban J connectivity index is 1.82. The molecule has 0 saturated heterocycles. The van der Waals surface area contributed by atoms with E-state index < -0.39 is 8.24 Å². The highest BCUT2D eigenvalue weighted by molar-refractivity contribution is 6.85. The van der Waals surface area contributed by atoms with Gasteiger partial charge in [0.25, 0.3) is 11.8 Å². The normalized spacial score (nSPS) is 13.3. The first-order valence-corrected chi connectivity index (χ1v) is 16.6. The van der Waals surface area contributed by atoms with Crippen LogP contribution in [0.4, 0.5) is 34.1 Å². The number of carbonyl (C=O) groups excluding carboxylic acids is 2. The van der Waals surface area contributed by atoms with Gasteiger partial charge in [-0.05, 0) is 77.3 Å². The van der Waals surface area contributed by atoms with E-state index in [2.05, 4.69) is 62.0 Å². The lowest BCUT2D eigenvalue weighted by Gasteiger charge is -2.48. The summed E-state index contributed by atoms with van der Waals surface area (Å²) in [6.45, 7) is 13.0. The Morgan fingerprint density at radius 1 is 0.585 bits per heavy atom. The van der Waals surface area contributed by atoms with Crippen molar-refractivity contribution in [1.29, 1.82) is 0 Å². The predicted octanol–water partition coefficient (Wildman–Crippen LogP) is 8.08. The largest absolute Gasteiger partial charge is 0.378 e. The minimum Gasteiger partial charge on any atom is -0.378 e. The standard InChI is InChI=1S/C33H45N5O2Si/c1-21(2)41(22(3)4,23(5)6)38-32(39)28-19-30(34-24-11-15-26(16-12-24)36(7)8)31(20-29(28)33(38)40)35-25-13-17-27(18-14-25)37(9)10/h11-23,34-35H,1-10H3. The first-order valence-electron chi connectivity index (χ1n) is 14.4. The summed E-state index contributed by atoms with van der Waals surface area (Å²) < 4.78 is 1.70. The Hall–Kier alpha value is -3.78. The number of hydrogen-bond donors (Lipinski definition) is 2. The molecule has 0 radical (unpaired) electrons. The molecule has 0 aromatic heterocycles. The minimum absolute atomic E-state index is 0.166. The van der Waals surface area contributed by atoms with Crippen molar-refractivity contribution < 1.29 is 9.59 Å². The van der Waals surface area contributed by atoms with Gasteiger partial charge in [-0.25, -0.2) is 0 Å². The Kier molecular flexibility index (Phi) is 8.54. The number of anilines is 6. The van der Waals surface area contributed by atoms with Crippen LogP contribution in [0, 0.1) is 0 Å². The number of hydrogen-bond acceptors (Lipinski definition) is 6. The smallest absolute Gasteiger partial charge is 0.253 e. The van der Waals surface area contributed by atoms with Crippen molar-refractivity contribution in [2.24, 2.45) is 0 Å². The quantitative estimate of drug-likeness (QED) is 0.189. The van der Waals surface area contributed by atoms with E-state index in [-0.39, 0.29) is 28.4 Å². The van der Waals surface area contributed by atoms with Crippen molar-refractivity contribution in [2.45, 2.75) is 58.2 Å². The van der Waals surface area contributed by atoms with E-state index in [1.165, 1.54) is 0 Å². The molecule has 1 aliphatic rings. The summed E-state index contributed by atoms with van der Waals surface area (Å²) in [5.41, 5.74) is 7.08. The van der Waals surface area contributed by atoms with E-state index >= 15 is 0 Å². The van der Waals surface area contributed by atoms with Crippen LogP contribution in [-0.2, 0) is 0 Å². The monoisotopic (exact) mass is 571 g/mol. The zero-order chi connectivity index (χ0) is 30.2. The van der Waals surface area contributed by atoms with Gasteiger partial charge in [-0.2, -0.15) is 0 Å². The average Bonchev–Trinajstić information content (AvgIpc) is 3.14. The summed E-state index contributed by atoms with van der Waals surface area (Å²) in [5.74, 6) is -0.332. The van der Waals surface area contributed by atoms with Crippen LogP contribution < -0.4 is 20.4 Å². The van der Waals surface area contributed by atoms with Crippen LogP contribution in [-0.4, -0.2) is 52.8 Å². The fourth-order valence-corrected chi connectivity index (χ4v) is 13.1. The van der Waals surface area contributed by atoms with E-state index in [0.29, 0.717) is 11.1 Å². The number of rotatable bonds is 10. The number of benzene rings is 3. The van der Waals surface area contributed by atoms with Gasteiger partial charge in [-0.3, -0.25) is 9.59 Å². The molecule has 1 heterocycles. The molecule has 41 heavy (non-hydrogen) atoms. The summed E-state index contributed by atoms with van der Waals surface area (Å²) in [7, 11) is 5.49. The fourth-order valence-electron chi connectivity index (χ4n) is 6.62. The molecule has 0 fully saturated rings. The second kappa shape index (κ2) is 11.6. The number of nitrogens with one attached hydrogen (secondary N) is 2. The fraction of sp³-hybridized carbons (Fsp3) is 0.394. The van der Waals surface area contributed by atoms with Crippen molar-refractivity contribution in [1.82, 2.24) is 4.57 Å². The second-order valence-electron chi connectivity index (χ2n) is 12.4. The first kappa shape index (κ1) is 30.2. The molecule has 0 unspecified atom stereocenters. The number of carbonyl (C=O) groups is 2. The number of fused-ring (bicyclic) bond motifs is 1. The molecule has 2 N–H and O–H groups in total. The van der Waals surface area contributed by atoms with Gasteiger partial charge in [0.1, 0.15) is 0 Å². The lowest BCUT2D eigenvalue weighted by molar-refractivity contribution is 0.0742. The maximum atomic E-state index is 14.1. The van der Waals surface area contributed by atoms with Gasteiger partial charge in [-0.15, -0.1) is 0 Å². The van der Waals surface area contributed by atoms with Gasteiger partial charge < -0.3 is 25.0 Å². The van der Waals surface area contributed by atoms with Crippen molar-refractivity contribution in [3.63, 3.8) is 0 Å². The maximum absolute atomic E-state index is 14.1. The van der Waals surface area contributed by atoms with Crippen LogP contribution in [0.2, 0.25) is 16.6 Å². The first-order chi connectivity index (χ1) is 19.3. The van der Waals surface area contributed by atoms with Crippen LogP contribution in [0.3, 0.4) is 0 Å². The summed E-state index contributed by atoms with van der Waals surface area (Å²) in [6.07, 6.45) is 0. The second-order valence-corrected chi connectivity index (χ2v) is 18.1. The maximum Gasteiger partial charge on any atom is 0.253 e.